The molecule has 3 heteroatoms. The van der Waals surface area contributed by atoms with Gasteiger partial charge in [-0.3, -0.25) is 0 Å². The van der Waals surface area contributed by atoms with Gasteiger partial charge in [0.05, 0.1) is 6.10 Å². The van der Waals surface area contributed by atoms with Crippen molar-refractivity contribution in [1.82, 2.24) is 4.90 Å². The molecule has 0 aliphatic heterocycles. The number of aliphatic hydroxyl groups is 1. The second kappa shape index (κ2) is 8.79. The number of hydrogen-bond donors (Lipinski definition) is 1. The lowest BCUT2D eigenvalue weighted by atomic mass is 10.2. The Bertz CT molecular complexity index is 109. The molecule has 1 unspecified atom stereocenters. The average molecular weight is 208 g/mol. The summed E-state index contributed by atoms with van der Waals surface area (Å²) in [5, 5.41) is 9.07. The molecule has 0 radical (unpaired) electrons. The van der Waals surface area contributed by atoms with E-state index in [4.69, 9.17) is 16.7 Å². The molecule has 13 heavy (non-hydrogen) atoms. The molecule has 0 heterocycles. The van der Waals surface area contributed by atoms with Crippen molar-refractivity contribution in [1.29, 1.82) is 0 Å². The summed E-state index contributed by atoms with van der Waals surface area (Å²) < 4.78 is 0. The third-order valence-corrected chi connectivity index (χ3v) is 2.37. The lowest BCUT2D eigenvalue weighted by Crippen LogP contribution is -2.23. The Morgan fingerprint density at radius 3 is 2.46 bits per heavy atom. The second-order valence-electron chi connectivity index (χ2n) is 3.69. The van der Waals surface area contributed by atoms with Crippen molar-refractivity contribution in [2.24, 2.45) is 0 Å². The molecule has 0 rings (SSSR count). The van der Waals surface area contributed by atoms with E-state index in [-0.39, 0.29) is 6.10 Å². The van der Waals surface area contributed by atoms with Crippen LogP contribution < -0.4 is 0 Å². The van der Waals surface area contributed by atoms with Gasteiger partial charge in [-0.15, -0.1) is 11.6 Å². The summed E-state index contributed by atoms with van der Waals surface area (Å²) >= 11 is 5.57. The fraction of sp³-hybridized carbons (Fsp3) is 1.00. The third-order valence-electron chi connectivity index (χ3n) is 2.10. The largest absolute Gasteiger partial charge is 0.393 e. The van der Waals surface area contributed by atoms with Gasteiger partial charge >= 0.3 is 0 Å². The van der Waals surface area contributed by atoms with Crippen molar-refractivity contribution in [3.63, 3.8) is 0 Å². The van der Waals surface area contributed by atoms with Crippen LogP contribution in [0.15, 0.2) is 0 Å². The molecule has 0 aliphatic rings. The van der Waals surface area contributed by atoms with Gasteiger partial charge in [-0.2, -0.15) is 0 Å². The topological polar surface area (TPSA) is 23.5 Å². The lowest BCUT2D eigenvalue weighted by Gasteiger charge is -2.16. The first kappa shape index (κ1) is 13.2. The first-order valence-corrected chi connectivity index (χ1v) is 5.63. The number of halogens is 1. The summed E-state index contributed by atoms with van der Waals surface area (Å²) in [5.74, 6) is 0.775. The molecule has 0 fully saturated rings. The molecule has 0 saturated carbocycles. The number of unbranched alkanes of at least 4 members (excludes halogenated alkanes) is 2. The highest BCUT2D eigenvalue weighted by molar-refractivity contribution is 6.17. The van der Waals surface area contributed by atoms with Gasteiger partial charge in [0.15, 0.2) is 0 Å². The Morgan fingerprint density at radius 1 is 1.23 bits per heavy atom. The van der Waals surface area contributed by atoms with E-state index in [2.05, 4.69) is 11.9 Å². The minimum atomic E-state index is -0.176. The van der Waals surface area contributed by atoms with Crippen LogP contribution in [-0.4, -0.2) is 42.1 Å². The standard InChI is InChI=1S/C10H22ClNO/c1-10(13)6-9-12(2)8-5-3-4-7-11/h10,13H,3-9H2,1-2H3. The van der Waals surface area contributed by atoms with Gasteiger partial charge in [-0.05, 0) is 39.8 Å². The number of aliphatic hydroxyl groups excluding tert-OH is 1. The first-order chi connectivity index (χ1) is 6.16. The van der Waals surface area contributed by atoms with Crippen molar-refractivity contribution in [3.05, 3.63) is 0 Å². The lowest BCUT2D eigenvalue weighted by molar-refractivity contribution is 0.164. The van der Waals surface area contributed by atoms with Gasteiger partial charge in [-0.1, -0.05) is 6.42 Å². The van der Waals surface area contributed by atoms with Crippen LogP contribution in [0.25, 0.3) is 0 Å². The molecule has 1 N–H and O–H groups in total. The summed E-state index contributed by atoms with van der Waals surface area (Å²) in [6.45, 7) is 3.93. The van der Waals surface area contributed by atoms with Crippen LogP contribution in [-0.2, 0) is 0 Å². The maximum absolute atomic E-state index is 9.07. The normalized spacial score (nSPS) is 13.6. The van der Waals surface area contributed by atoms with Crippen molar-refractivity contribution in [2.45, 2.75) is 38.7 Å². The molecular formula is C10H22ClNO. The van der Waals surface area contributed by atoms with Crippen LogP contribution in [0.1, 0.15) is 32.6 Å². The second-order valence-corrected chi connectivity index (χ2v) is 4.07. The Hall–Kier alpha value is 0.210. The van der Waals surface area contributed by atoms with E-state index in [9.17, 15) is 0 Å². The van der Waals surface area contributed by atoms with E-state index in [0.717, 1.165) is 31.8 Å². The SMILES string of the molecule is CC(O)CCN(C)CCCCCCl. The predicted octanol–water partition coefficient (Wildman–Crippen LogP) is 2.10. The van der Waals surface area contributed by atoms with E-state index < -0.39 is 0 Å². The summed E-state index contributed by atoms with van der Waals surface area (Å²) in [7, 11) is 2.10. The van der Waals surface area contributed by atoms with Crippen molar-refractivity contribution >= 4 is 11.6 Å². The van der Waals surface area contributed by atoms with Gasteiger partial charge < -0.3 is 10.0 Å². The van der Waals surface area contributed by atoms with E-state index in [1.165, 1.54) is 12.8 Å². The number of hydrogen-bond acceptors (Lipinski definition) is 2. The highest BCUT2D eigenvalue weighted by Crippen LogP contribution is 2.00. The maximum atomic E-state index is 9.07. The smallest absolute Gasteiger partial charge is 0.0524 e. The number of rotatable bonds is 8. The molecule has 0 aliphatic carbocycles. The fourth-order valence-electron chi connectivity index (χ4n) is 1.17. The number of alkyl halides is 1. The molecule has 0 aromatic carbocycles. The third kappa shape index (κ3) is 10.1. The van der Waals surface area contributed by atoms with Gasteiger partial charge in [0.1, 0.15) is 0 Å². The van der Waals surface area contributed by atoms with E-state index in [0.29, 0.717) is 0 Å². The minimum Gasteiger partial charge on any atom is -0.393 e. The average Bonchev–Trinajstić information content (AvgIpc) is 2.09. The molecule has 0 aromatic rings. The van der Waals surface area contributed by atoms with Crippen molar-refractivity contribution in [2.75, 3.05) is 26.0 Å². The van der Waals surface area contributed by atoms with Crippen molar-refractivity contribution in [3.8, 4) is 0 Å². The van der Waals surface area contributed by atoms with Crippen molar-refractivity contribution < 1.29 is 5.11 Å². The van der Waals surface area contributed by atoms with Gasteiger partial charge in [0, 0.05) is 12.4 Å². The Kier molecular flexibility index (Phi) is 8.93. The number of nitrogens with zero attached hydrogens (tertiary/aromatic N) is 1. The van der Waals surface area contributed by atoms with Gasteiger partial charge in [-0.25, -0.2) is 0 Å². The van der Waals surface area contributed by atoms with Crippen LogP contribution in [0, 0.1) is 0 Å². The quantitative estimate of drug-likeness (QED) is 0.487. The molecular weight excluding hydrogens is 186 g/mol. The summed E-state index contributed by atoms with van der Waals surface area (Å²) in [6.07, 6.45) is 4.23. The molecule has 0 bridgehead atoms. The van der Waals surface area contributed by atoms with Crippen LogP contribution in [0.3, 0.4) is 0 Å². The van der Waals surface area contributed by atoms with Crippen LogP contribution in [0.5, 0.6) is 0 Å². The molecule has 2 nitrogen and oxygen atoms in total. The molecule has 0 saturated heterocycles. The van der Waals surface area contributed by atoms with Gasteiger partial charge in [0.25, 0.3) is 0 Å². The predicted molar refractivity (Wildman–Crippen MR) is 58.4 cm³/mol. The highest BCUT2D eigenvalue weighted by Gasteiger charge is 2.00. The van der Waals surface area contributed by atoms with E-state index >= 15 is 0 Å². The molecule has 0 aromatic heterocycles. The first-order valence-electron chi connectivity index (χ1n) is 5.09. The maximum Gasteiger partial charge on any atom is 0.0524 e. The summed E-state index contributed by atoms with van der Waals surface area (Å²) in [6, 6.07) is 0. The van der Waals surface area contributed by atoms with E-state index in [1.807, 2.05) is 6.92 Å². The summed E-state index contributed by atoms with van der Waals surface area (Å²) in [4.78, 5) is 2.26. The van der Waals surface area contributed by atoms with Gasteiger partial charge in [0.2, 0.25) is 0 Å². The zero-order valence-corrected chi connectivity index (χ0v) is 9.56. The molecule has 0 spiro atoms. The zero-order valence-electron chi connectivity index (χ0n) is 8.80. The van der Waals surface area contributed by atoms with Crippen LogP contribution >= 0.6 is 11.6 Å². The minimum absolute atomic E-state index is 0.176. The monoisotopic (exact) mass is 207 g/mol. The Morgan fingerprint density at radius 2 is 1.92 bits per heavy atom. The fourth-order valence-corrected chi connectivity index (χ4v) is 1.36. The van der Waals surface area contributed by atoms with Crippen LogP contribution in [0.4, 0.5) is 0 Å². The molecule has 80 valence electrons. The Labute approximate surface area is 86.9 Å². The molecule has 1 atom stereocenters. The van der Waals surface area contributed by atoms with E-state index in [1.54, 1.807) is 0 Å². The van der Waals surface area contributed by atoms with Crippen LogP contribution in [0.2, 0.25) is 0 Å². The molecule has 0 amide bonds. The Balaban J connectivity index is 3.15. The highest BCUT2D eigenvalue weighted by atomic mass is 35.5. The zero-order chi connectivity index (χ0) is 10.1. The summed E-state index contributed by atoms with van der Waals surface area (Å²) in [5.41, 5.74) is 0.